The van der Waals surface area contributed by atoms with Crippen LogP contribution in [0.25, 0.3) is 0 Å². The molecule has 2 nitrogen and oxygen atoms in total. The van der Waals surface area contributed by atoms with Crippen LogP contribution in [0.4, 0.5) is 0 Å². The lowest BCUT2D eigenvalue weighted by Gasteiger charge is -2.28. The van der Waals surface area contributed by atoms with Crippen LogP contribution in [0.15, 0.2) is 0 Å². The minimum Gasteiger partial charge on any atom is -0.339 e. The maximum Gasteiger partial charge on any atom is 0.235 e. The van der Waals surface area contributed by atoms with Gasteiger partial charge in [0.05, 0.1) is 5.25 Å². The first-order valence-electron chi connectivity index (χ1n) is 5.32. The van der Waals surface area contributed by atoms with E-state index in [1.807, 2.05) is 0 Å². The molecule has 1 aliphatic rings. The second-order valence-electron chi connectivity index (χ2n) is 3.56. The van der Waals surface area contributed by atoms with Gasteiger partial charge in [-0.05, 0) is 18.6 Å². The molecule has 1 atom stereocenters. The second-order valence-corrected chi connectivity index (χ2v) is 5.63. The summed E-state index contributed by atoms with van der Waals surface area (Å²) in [6.45, 7) is 1.23. The molecule has 1 unspecified atom stereocenters. The van der Waals surface area contributed by atoms with Crippen molar-refractivity contribution in [1.82, 2.24) is 4.90 Å². The molecule has 5 heteroatoms. The van der Waals surface area contributed by atoms with Gasteiger partial charge in [-0.2, -0.15) is 0 Å². The van der Waals surface area contributed by atoms with Crippen LogP contribution in [0.3, 0.4) is 0 Å². The molecule has 1 amide bonds. The zero-order chi connectivity index (χ0) is 11.1. The standard InChI is InChI=1S/C10H17Cl2NOS/c11-4-6-13(7-5-12)10(14)9-3-1-2-8-15-9/h9H,1-8H2. The Hall–Kier alpha value is 0.400. The molecule has 0 spiro atoms. The van der Waals surface area contributed by atoms with Crippen molar-refractivity contribution in [3.8, 4) is 0 Å². The Kier molecular flexibility index (Phi) is 6.86. The lowest BCUT2D eigenvalue weighted by Crippen LogP contribution is -2.41. The fraction of sp³-hybridized carbons (Fsp3) is 0.900. The first kappa shape index (κ1) is 13.5. The van der Waals surface area contributed by atoms with Crippen LogP contribution in [0.1, 0.15) is 19.3 Å². The first-order chi connectivity index (χ1) is 7.29. The summed E-state index contributed by atoms with van der Waals surface area (Å²) in [7, 11) is 0. The van der Waals surface area contributed by atoms with Crippen LogP contribution in [-0.2, 0) is 4.79 Å². The molecular weight excluding hydrogens is 253 g/mol. The average Bonchev–Trinajstić information content (AvgIpc) is 2.29. The molecule has 88 valence electrons. The van der Waals surface area contributed by atoms with Crippen LogP contribution in [0, 0.1) is 0 Å². The number of carbonyl (C=O) groups excluding carboxylic acids is 1. The summed E-state index contributed by atoms with van der Waals surface area (Å²) in [5, 5.41) is 0.144. The number of alkyl halides is 2. The van der Waals surface area contributed by atoms with Gasteiger partial charge in [0, 0.05) is 24.8 Å². The van der Waals surface area contributed by atoms with E-state index in [1.165, 1.54) is 12.8 Å². The van der Waals surface area contributed by atoms with Crippen LogP contribution in [0.2, 0.25) is 0 Å². The first-order valence-corrected chi connectivity index (χ1v) is 7.43. The molecule has 1 saturated heterocycles. The van der Waals surface area contributed by atoms with Gasteiger partial charge in [-0.25, -0.2) is 0 Å². The fourth-order valence-corrected chi connectivity index (χ4v) is 3.36. The van der Waals surface area contributed by atoms with Crippen molar-refractivity contribution in [2.75, 3.05) is 30.6 Å². The van der Waals surface area contributed by atoms with Crippen molar-refractivity contribution in [3.05, 3.63) is 0 Å². The Morgan fingerprint density at radius 3 is 2.40 bits per heavy atom. The molecule has 0 aromatic carbocycles. The van der Waals surface area contributed by atoms with E-state index < -0.39 is 0 Å². The van der Waals surface area contributed by atoms with Gasteiger partial charge in [0.2, 0.25) is 5.91 Å². The number of nitrogens with zero attached hydrogens (tertiary/aromatic N) is 1. The molecule has 0 aliphatic carbocycles. The van der Waals surface area contributed by atoms with Crippen LogP contribution < -0.4 is 0 Å². The van der Waals surface area contributed by atoms with Crippen LogP contribution in [0.5, 0.6) is 0 Å². The predicted octanol–water partition coefficient (Wildman–Crippen LogP) is 2.58. The number of amides is 1. The summed E-state index contributed by atoms with van der Waals surface area (Å²) in [4.78, 5) is 13.9. The topological polar surface area (TPSA) is 20.3 Å². The van der Waals surface area contributed by atoms with E-state index in [1.54, 1.807) is 16.7 Å². The van der Waals surface area contributed by atoms with Gasteiger partial charge in [0.15, 0.2) is 0 Å². The van der Waals surface area contributed by atoms with Crippen molar-refractivity contribution >= 4 is 40.9 Å². The minimum atomic E-state index is 0.144. The predicted molar refractivity (Wildman–Crippen MR) is 68.1 cm³/mol. The summed E-state index contributed by atoms with van der Waals surface area (Å²) in [5.74, 6) is 2.30. The molecule has 1 rings (SSSR count). The third-order valence-corrected chi connectivity index (χ3v) is 4.18. The van der Waals surface area contributed by atoms with E-state index in [0.29, 0.717) is 24.8 Å². The summed E-state index contributed by atoms with van der Waals surface area (Å²) < 4.78 is 0. The number of rotatable bonds is 5. The van der Waals surface area contributed by atoms with Gasteiger partial charge < -0.3 is 4.90 Å². The molecule has 0 aromatic rings. The van der Waals surface area contributed by atoms with E-state index in [2.05, 4.69) is 0 Å². The van der Waals surface area contributed by atoms with Crippen molar-refractivity contribution in [2.45, 2.75) is 24.5 Å². The van der Waals surface area contributed by atoms with Gasteiger partial charge in [-0.3, -0.25) is 4.79 Å². The second kappa shape index (κ2) is 7.64. The Morgan fingerprint density at radius 2 is 1.93 bits per heavy atom. The van der Waals surface area contributed by atoms with Gasteiger partial charge >= 0.3 is 0 Å². The van der Waals surface area contributed by atoms with E-state index in [-0.39, 0.29) is 11.2 Å². The van der Waals surface area contributed by atoms with E-state index >= 15 is 0 Å². The Labute approximate surface area is 106 Å². The summed E-state index contributed by atoms with van der Waals surface area (Å²) in [6.07, 6.45) is 3.41. The molecule has 15 heavy (non-hydrogen) atoms. The summed E-state index contributed by atoms with van der Waals surface area (Å²) in [5.41, 5.74) is 0. The number of carbonyl (C=O) groups is 1. The van der Waals surface area contributed by atoms with E-state index in [0.717, 1.165) is 12.2 Å². The number of halogens is 2. The fourth-order valence-electron chi connectivity index (χ4n) is 1.68. The van der Waals surface area contributed by atoms with Gasteiger partial charge in [-0.15, -0.1) is 35.0 Å². The maximum absolute atomic E-state index is 12.1. The van der Waals surface area contributed by atoms with Crippen molar-refractivity contribution in [3.63, 3.8) is 0 Å². The molecular formula is C10H17Cl2NOS. The Morgan fingerprint density at radius 1 is 1.27 bits per heavy atom. The third-order valence-electron chi connectivity index (χ3n) is 2.48. The SMILES string of the molecule is O=C(C1CCCCS1)N(CCCl)CCCl. The molecule has 0 radical (unpaired) electrons. The largest absolute Gasteiger partial charge is 0.339 e. The van der Waals surface area contributed by atoms with Gasteiger partial charge in [0.1, 0.15) is 0 Å². The van der Waals surface area contributed by atoms with Crippen molar-refractivity contribution in [2.24, 2.45) is 0 Å². The van der Waals surface area contributed by atoms with Crippen molar-refractivity contribution < 1.29 is 4.79 Å². The molecule has 0 saturated carbocycles. The number of thioether (sulfide) groups is 1. The molecule has 0 N–H and O–H groups in total. The lowest BCUT2D eigenvalue weighted by molar-refractivity contribution is -0.130. The lowest BCUT2D eigenvalue weighted by atomic mass is 10.1. The molecule has 1 heterocycles. The Bertz CT molecular complexity index is 192. The quantitative estimate of drug-likeness (QED) is 0.716. The third kappa shape index (κ3) is 4.41. The zero-order valence-electron chi connectivity index (χ0n) is 8.75. The minimum absolute atomic E-state index is 0.144. The molecule has 1 fully saturated rings. The van der Waals surface area contributed by atoms with Gasteiger partial charge in [-0.1, -0.05) is 6.42 Å². The molecule has 1 aliphatic heterocycles. The van der Waals surface area contributed by atoms with Crippen LogP contribution >= 0.6 is 35.0 Å². The van der Waals surface area contributed by atoms with Crippen LogP contribution in [-0.4, -0.2) is 46.7 Å². The average molecular weight is 270 g/mol. The Balaban J connectivity index is 2.45. The van der Waals surface area contributed by atoms with Crippen molar-refractivity contribution in [1.29, 1.82) is 0 Å². The normalized spacial score (nSPS) is 21.3. The summed E-state index contributed by atoms with van der Waals surface area (Å²) in [6, 6.07) is 0. The zero-order valence-corrected chi connectivity index (χ0v) is 11.1. The highest BCUT2D eigenvalue weighted by molar-refractivity contribution is 8.00. The highest BCUT2D eigenvalue weighted by atomic mass is 35.5. The monoisotopic (exact) mass is 269 g/mol. The molecule has 0 bridgehead atoms. The number of hydrogen-bond acceptors (Lipinski definition) is 2. The maximum atomic E-state index is 12.1. The molecule has 0 aromatic heterocycles. The highest BCUT2D eigenvalue weighted by Crippen LogP contribution is 2.26. The van der Waals surface area contributed by atoms with E-state index in [4.69, 9.17) is 23.2 Å². The highest BCUT2D eigenvalue weighted by Gasteiger charge is 2.25. The van der Waals surface area contributed by atoms with E-state index in [9.17, 15) is 4.79 Å². The smallest absolute Gasteiger partial charge is 0.235 e. The number of hydrogen-bond donors (Lipinski definition) is 0. The summed E-state index contributed by atoms with van der Waals surface area (Å²) >= 11 is 13.1. The van der Waals surface area contributed by atoms with Gasteiger partial charge in [0.25, 0.3) is 0 Å².